The van der Waals surface area contributed by atoms with Crippen molar-refractivity contribution in [3.8, 4) is 0 Å². The topological polar surface area (TPSA) is 66.4 Å². The van der Waals surface area contributed by atoms with E-state index in [-0.39, 0.29) is 0 Å². The highest BCUT2D eigenvalue weighted by molar-refractivity contribution is 6.26. The van der Waals surface area contributed by atoms with Gasteiger partial charge in [0.05, 0.1) is 0 Å². The van der Waals surface area contributed by atoms with Crippen LogP contribution in [0.25, 0.3) is 0 Å². The Morgan fingerprint density at radius 1 is 1.82 bits per heavy atom. The first-order valence-corrected chi connectivity index (χ1v) is 3.21. The summed E-state index contributed by atoms with van der Waals surface area (Å²) in [5, 5.41) is 8.51. The number of aliphatic carboxylic acids is 1. The highest BCUT2D eigenvalue weighted by atomic mass is 35.5. The SMILES string of the molecule is O=C([O-])CC1(Cl)C=CC(=O)O1. The summed E-state index contributed by atoms with van der Waals surface area (Å²) in [6.45, 7) is 0. The molecule has 0 aromatic carbocycles. The molecule has 1 rings (SSSR count). The normalized spacial score (nSPS) is 28.6. The number of alkyl halides is 1. The number of rotatable bonds is 2. The zero-order valence-electron chi connectivity index (χ0n) is 5.37. The van der Waals surface area contributed by atoms with Crippen LogP contribution < -0.4 is 5.11 Å². The third kappa shape index (κ3) is 1.94. The molecule has 0 saturated carbocycles. The zero-order chi connectivity index (χ0) is 8.48. The van der Waals surface area contributed by atoms with Crippen molar-refractivity contribution in [2.75, 3.05) is 0 Å². The summed E-state index contributed by atoms with van der Waals surface area (Å²) in [4.78, 5) is 20.5. The van der Waals surface area contributed by atoms with Gasteiger partial charge in [-0.3, -0.25) is 0 Å². The monoisotopic (exact) mass is 175 g/mol. The van der Waals surface area contributed by atoms with Crippen LogP contribution in [0, 0.1) is 0 Å². The molecule has 0 amide bonds. The molecule has 1 heterocycles. The first-order valence-electron chi connectivity index (χ1n) is 2.83. The number of carboxylic acids is 1. The van der Waals surface area contributed by atoms with Crippen molar-refractivity contribution >= 4 is 23.5 Å². The molecule has 11 heavy (non-hydrogen) atoms. The lowest BCUT2D eigenvalue weighted by Gasteiger charge is -2.18. The molecule has 0 fully saturated rings. The van der Waals surface area contributed by atoms with E-state index in [1.807, 2.05) is 0 Å². The second-order valence-corrected chi connectivity index (χ2v) is 2.73. The molecule has 0 aromatic rings. The van der Waals surface area contributed by atoms with Crippen LogP contribution in [-0.2, 0) is 14.3 Å². The standard InChI is InChI=1S/C6H5ClO4/c7-6(3-4(8)9)2-1-5(10)11-6/h1-2H,3H2,(H,8,9)/p-1. The summed E-state index contributed by atoms with van der Waals surface area (Å²) in [6, 6.07) is 0. The number of hydrogen-bond donors (Lipinski definition) is 0. The lowest BCUT2D eigenvalue weighted by Crippen LogP contribution is -2.33. The van der Waals surface area contributed by atoms with Crippen molar-refractivity contribution in [2.24, 2.45) is 0 Å². The molecular weight excluding hydrogens is 172 g/mol. The maximum Gasteiger partial charge on any atom is 0.332 e. The van der Waals surface area contributed by atoms with Gasteiger partial charge in [0.25, 0.3) is 0 Å². The van der Waals surface area contributed by atoms with E-state index in [9.17, 15) is 14.7 Å². The maximum atomic E-state index is 10.4. The summed E-state index contributed by atoms with van der Waals surface area (Å²) < 4.78 is 4.45. The van der Waals surface area contributed by atoms with Gasteiger partial charge in [-0.15, -0.1) is 0 Å². The van der Waals surface area contributed by atoms with Gasteiger partial charge in [0.15, 0.2) is 0 Å². The fourth-order valence-electron chi connectivity index (χ4n) is 0.720. The minimum absolute atomic E-state index is 0.531. The Kier molecular flexibility index (Phi) is 1.87. The molecule has 1 aliphatic heterocycles. The van der Waals surface area contributed by atoms with Crippen LogP contribution in [0.1, 0.15) is 6.42 Å². The highest BCUT2D eigenvalue weighted by Crippen LogP contribution is 2.27. The van der Waals surface area contributed by atoms with Crippen LogP contribution in [0.15, 0.2) is 12.2 Å². The van der Waals surface area contributed by atoms with Crippen LogP contribution in [0.3, 0.4) is 0 Å². The van der Waals surface area contributed by atoms with Crippen LogP contribution in [0.2, 0.25) is 0 Å². The van der Waals surface area contributed by atoms with Gasteiger partial charge in [-0.1, -0.05) is 11.6 Å². The third-order valence-corrected chi connectivity index (χ3v) is 1.46. The van der Waals surface area contributed by atoms with Crippen LogP contribution in [0.5, 0.6) is 0 Å². The summed E-state index contributed by atoms with van der Waals surface area (Å²) in [7, 11) is 0. The lowest BCUT2D eigenvalue weighted by atomic mass is 10.2. The molecule has 0 spiro atoms. The minimum atomic E-state index is -1.53. The maximum absolute atomic E-state index is 10.4. The van der Waals surface area contributed by atoms with E-state index >= 15 is 0 Å². The molecule has 4 nitrogen and oxygen atoms in total. The number of carbonyl (C=O) groups excluding carboxylic acids is 2. The molecule has 60 valence electrons. The molecule has 0 radical (unpaired) electrons. The van der Waals surface area contributed by atoms with Crippen LogP contribution >= 0.6 is 11.6 Å². The Labute approximate surface area is 67.4 Å². The summed E-state index contributed by atoms with van der Waals surface area (Å²) in [5.74, 6) is -2.00. The van der Waals surface area contributed by atoms with Crippen LogP contribution in [-0.4, -0.2) is 17.0 Å². The number of halogens is 1. The molecule has 0 aliphatic carbocycles. The molecule has 0 N–H and O–H groups in total. The van der Waals surface area contributed by atoms with E-state index < -0.39 is 23.4 Å². The third-order valence-electron chi connectivity index (χ3n) is 1.12. The molecule has 1 atom stereocenters. The van der Waals surface area contributed by atoms with Gasteiger partial charge in [-0.2, -0.15) is 0 Å². The quantitative estimate of drug-likeness (QED) is 0.406. The number of esters is 1. The summed E-state index contributed by atoms with van der Waals surface area (Å²) in [5.41, 5.74) is 0. The van der Waals surface area contributed by atoms with Gasteiger partial charge in [0.2, 0.25) is 5.06 Å². The van der Waals surface area contributed by atoms with Gasteiger partial charge in [0.1, 0.15) is 0 Å². The van der Waals surface area contributed by atoms with E-state index in [0.717, 1.165) is 6.08 Å². The molecule has 0 aromatic heterocycles. The van der Waals surface area contributed by atoms with Crippen molar-refractivity contribution in [2.45, 2.75) is 11.5 Å². The average Bonchev–Trinajstić information content (AvgIpc) is 2.08. The predicted octanol–water partition coefficient (Wildman–Crippen LogP) is -0.826. The smallest absolute Gasteiger partial charge is 0.332 e. The first-order chi connectivity index (χ1) is 5.02. The highest BCUT2D eigenvalue weighted by Gasteiger charge is 2.33. The van der Waals surface area contributed by atoms with Gasteiger partial charge in [0, 0.05) is 18.5 Å². The van der Waals surface area contributed by atoms with Gasteiger partial charge in [-0.05, 0) is 6.08 Å². The molecule has 1 unspecified atom stereocenters. The Morgan fingerprint density at radius 3 is 2.82 bits per heavy atom. The number of carbonyl (C=O) groups is 2. The Hall–Kier alpha value is -1.03. The fourth-order valence-corrected chi connectivity index (χ4v) is 0.968. The Bertz CT molecular complexity index is 235. The van der Waals surface area contributed by atoms with Gasteiger partial charge >= 0.3 is 5.97 Å². The lowest BCUT2D eigenvalue weighted by molar-refractivity contribution is -0.307. The van der Waals surface area contributed by atoms with Crippen molar-refractivity contribution in [1.29, 1.82) is 0 Å². The van der Waals surface area contributed by atoms with Crippen molar-refractivity contribution in [3.05, 3.63) is 12.2 Å². The predicted molar refractivity (Wildman–Crippen MR) is 33.4 cm³/mol. The molecule has 1 aliphatic rings. The molecular formula is C6H4ClO4-. The van der Waals surface area contributed by atoms with Crippen molar-refractivity contribution < 1.29 is 19.4 Å². The van der Waals surface area contributed by atoms with E-state index in [0.29, 0.717) is 0 Å². The molecule has 0 saturated heterocycles. The van der Waals surface area contributed by atoms with E-state index in [1.54, 1.807) is 0 Å². The summed E-state index contributed by atoms with van der Waals surface area (Å²) in [6.07, 6.45) is 1.74. The largest absolute Gasteiger partial charge is 0.550 e. The minimum Gasteiger partial charge on any atom is -0.550 e. The average molecular weight is 176 g/mol. The van der Waals surface area contributed by atoms with E-state index in [2.05, 4.69) is 4.74 Å². The fraction of sp³-hybridized carbons (Fsp3) is 0.333. The second-order valence-electron chi connectivity index (χ2n) is 2.09. The Morgan fingerprint density at radius 2 is 2.45 bits per heavy atom. The number of carboxylic acid groups (broad SMARTS) is 1. The number of hydrogen-bond acceptors (Lipinski definition) is 4. The number of ether oxygens (including phenoxy) is 1. The van der Waals surface area contributed by atoms with Crippen LogP contribution in [0.4, 0.5) is 0 Å². The molecule has 5 heteroatoms. The van der Waals surface area contributed by atoms with Crippen molar-refractivity contribution in [3.63, 3.8) is 0 Å². The summed E-state index contributed by atoms with van der Waals surface area (Å²) >= 11 is 5.51. The van der Waals surface area contributed by atoms with E-state index in [1.165, 1.54) is 6.08 Å². The zero-order valence-corrected chi connectivity index (χ0v) is 6.13. The first kappa shape index (κ1) is 8.07. The van der Waals surface area contributed by atoms with Crippen molar-refractivity contribution in [1.82, 2.24) is 0 Å². The number of cyclic esters (lactones) is 1. The van der Waals surface area contributed by atoms with Gasteiger partial charge in [-0.25, -0.2) is 4.79 Å². The van der Waals surface area contributed by atoms with Gasteiger partial charge < -0.3 is 14.6 Å². The second kappa shape index (κ2) is 2.54. The Balaban J connectivity index is 2.63. The molecule has 0 bridgehead atoms. The van der Waals surface area contributed by atoms with E-state index in [4.69, 9.17) is 11.6 Å².